The number of alkyl halides is 2. The number of nitrogens with one attached hydrogen (secondary N) is 1. The lowest BCUT2D eigenvalue weighted by Gasteiger charge is -2.16. The molecule has 1 N–H and O–H groups in total. The summed E-state index contributed by atoms with van der Waals surface area (Å²) in [5.41, 5.74) is 1.41. The monoisotopic (exact) mass is 377 g/mol. The third-order valence-electron chi connectivity index (χ3n) is 3.73. The van der Waals surface area contributed by atoms with Crippen molar-refractivity contribution < 1.29 is 32.5 Å². The Labute approximate surface area is 154 Å². The van der Waals surface area contributed by atoms with Crippen LogP contribution in [0.2, 0.25) is 0 Å². The van der Waals surface area contributed by atoms with Crippen LogP contribution in [0, 0.1) is 0 Å². The van der Waals surface area contributed by atoms with Crippen molar-refractivity contribution >= 4 is 11.6 Å². The van der Waals surface area contributed by atoms with E-state index in [2.05, 4.69) is 10.1 Å². The molecule has 0 atom stereocenters. The summed E-state index contributed by atoms with van der Waals surface area (Å²) >= 11 is 0. The van der Waals surface area contributed by atoms with E-state index in [4.69, 9.17) is 14.2 Å². The van der Waals surface area contributed by atoms with Crippen molar-refractivity contribution in [2.24, 2.45) is 0 Å². The lowest BCUT2D eigenvalue weighted by molar-refractivity contribution is -0.117. The molecule has 0 aliphatic carbocycles. The highest BCUT2D eigenvalue weighted by Crippen LogP contribution is 2.34. The van der Waals surface area contributed by atoms with Crippen LogP contribution in [-0.4, -0.2) is 32.8 Å². The van der Waals surface area contributed by atoms with Gasteiger partial charge in [-0.25, -0.2) is 0 Å². The quantitative estimate of drug-likeness (QED) is 0.830. The van der Waals surface area contributed by atoms with E-state index in [1.807, 2.05) is 0 Å². The van der Waals surface area contributed by atoms with Gasteiger partial charge in [0.2, 0.25) is 5.76 Å². The molecule has 27 heavy (non-hydrogen) atoms. The number of ether oxygens (including phenoxy) is 4. The Morgan fingerprint density at radius 1 is 1.15 bits per heavy atom. The maximum atomic E-state index is 12.7. The first-order valence-corrected chi connectivity index (χ1v) is 8.06. The maximum absolute atomic E-state index is 12.7. The highest BCUT2D eigenvalue weighted by atomic mass is 19.3. The molecule has 1 aliphatic heterocycles. The summed E-state index contributed by atoms with van der Waals surface area (Å²) in [6.07, 6.45) is 1.23. The van der Waals surface area contributed by atoms with Crippen LogP contribution in [0.15, 0.2) is 54.5 Å². The van der Waals surface area contributed by atoms with E-state index in [1.54, 1.807) is 30.3 Å². The van der Waals surface area contributed by atoms with Gasteiger partial charge < -0.3 is 24.3 Å². The van der Waals surface area contributed by atoms with Gasteiger partial charge in [0, 0.05) is 11.3 Å². The largest absolute Gasteiger partial charge is 0.497 e. The molecule has 1 aliphatic rings. The van der Waals surface area contributed by atoms with Gasteiger partial charge in [-0.2, -0.15) is 8.78 Å². The fourth-order valence-electron chi connectivity index (χ4n) is 2.48. The van der Waals surface area contributed by atoms with Crippen molar-refractivity contribution in [3.8, 4) is 22.6 Å². The number of hydrogen-bond acceptors (Lipinski definition) is 5. The van der Waals surface area contributed by atoms with Gasteiger partial charge in [-0.05, 0) is 35.9 Å². The molecule has 3 rings (SSSR count). The number of carbonyl (C=O) groups excluding carboxylic acids is 1. The average Bonchev–Trinajstić information content (AvgIpc) is 2.69. The molecular formula is C19H17F2NO5. The zero-order valence-corrected chi connectivity index (χ0v) is 14.4. The maximum Gasteiger partial charge on any atom is 0.387 e. The van der Waals surface area contributed by atoms with Gasteiger partial charge in [-0.15, -0.1) is 0 Å². The van der Waals surface area contributed by atoms with Crippen LogP contribution in [0.1, 0.15) is 0 Å². The molecular weight excluding hydrogens is 360 g/mol. The molecule has 0 fully saturated rings. The van der Waals surface area contributed by atoms with E-state index in [0.717, 1.165) is 0 Å². The van der Waals surface area contributed by atoms with Gasteiger partial charge in [-0.1, -0.05) is 12.1 Å². The first-order chi connectivity index (χ1) is 13.1. The van der Waals surface area contributed by atoms with E-state index in [1.165, 1.54) is 25.5 Å². The number of hydrogen-bond donors (Lipinski definition) is 1. The van der Waals surface area contributed by atoms with Gasteiger partial charge in [0.1, 0.15) is 31.0 Å². The number of amides is 1. The van der Waals surface area contributed by atoms with Crippen LogP contribution in [0.3, 0.4) is 0 Å². The molecule has 8 heteroatoms. The smallest absolute Gasteiger partial charge is 0.387 e. The minimum atomic E-state index is -2.97. The first-order valence-electron chi connectivity index (χ1n) is 8.06. The predicted molar refractivity (Wildman–Crippen MR) is 93.7 cm³/mol. The first kappa shape index (κ1) is 18.5. The second-order valence-corrected chi connectivity index (χ2v) is 5.47. The van der Waals surface area contributed by atoms with E-state index in [0.29, 0.717) is 29.2 Å². The molecule has 0 aromatic heterocycles. The van der Waals surface area contributed by atoms with Crippen molar-refractivity contribution in [3.63, 3.8) is 0 Å². The second-order valence-electron chi connectivity index (χ2n) is 5.47. The van der Waals surface area contributed by atoms with Gasteiger partial charge in [0.25, 0.3) is 5.91 Å². The van der Waals surface area contributed by atoms with Crippen LogP contribution >= 0.6 is 0 Å². The summed E-state index contributed by atoms with van der Waals surface area (Å²) in [5.74, 6) is 0.156. The number of carbonyl (C=O) groups is 1. The molecule has 0 bridgehead atoms. The molecule has 2 aromatic rings. The average molecular weight is 377 g/mol. The van der Waals surface area contributed by atoms with Crippen molar-refractivity contribution in [1.82, 2.24) is 0 Å². The molecule has 0 unspecified atom stereocenters. The predicted octanol–water partition coefficient (Wildman–Crippen LogP) is 3.79. The molecule has 1 heterocycles. The van der Waals surface area contributed by atoms with Gasteiger partial charge in [0.15, 0.2) is 0 Å². The number of rotatable bonds is 6. The van der Waals surface area contributed by atoms with Crippen LogP contribution in [0.5, 0.6) is 11.5 Å². The molecule has 142 valence electrons. The molecule has 2 aromatic carbocycles. The number of anilines is 1. The summed E-state index contributed by atoms with van der Waals surface area (Å²) in [4.78, 5) is 12.2. The van der Waals surface area contributed by atoms with Gasteiger partial charge >= 0.3 is 6.61 Å². The number of methoxy groups -OCH3 is 1. The third kappa shape index (κ3) is 4.66. The minimum Gasteiger partial charge on any atom is -0.497 e. The lowest BCUT2D eigenvalue weighted by Crippen LogP contribution is -2.21. The molecule has 6 nitrogen and oxygen atoms in total. The summed E-state index contributed by atoms with van der Waals surface area (Å²) in [5, 5.41) is 2.64. The van der Waals surface area contributed by atoms with Gasteiger partial charge in [0.05, 0.1) is 7.11 Å². The summed E-state index contributed by atoms with van der Waals surface area (Å²) in [6.45, 7) is -2.32. The van der Waals surface area contributed by atoms with E-state index >= 15 is 0 Å². The molecule has 0 saturated carbocycles. The highest BCUT2D eigenvalue weighted by molar-refractivity contribution is 6.02. The van der Waals surface area contributed by atoms with E-state index < -0.39 is 12.5 Å². The Bertz CT molecular complexity index is 836. The highest BCUT2D eigenvalue weighted by Gasteiger charge is 2.17. The normalized spacial score (nSPS) is 13.3. The van der Waals surface area contributed by atoms with Crippen molar-refractivity contribution in [2.75, 3.05) is 25.6 Å². The van der Waals surface area contributed by atoms with Crippen LogP contribution in [0.25, 0.3) is 11.1 Å². The fraction of sp³-hybridized carbons (Fsp3) is 0.211. The Balaban J connectivity index is 1.89. The van der Waals surface area contributed by atoms with Crippen LogP contribution in [-0.2, 0) is 14.3 Å². The summed E-state index contributed by atoms with van der Waals surface area (Å²) in [6, 6.07) is 11.2. The Hall–Kier alpha value is -3.29. The third-order valence-corrected chi connectivity index (χ3v) is 3.73. The summed E-state index contributed by atoms with van der Waals surface area (Å²) in [7, 11) is 1.53. The second kappa shape index (κ2) is 8.39. The zero-order chi connectivity index (χ0) is 19.2. The minimum absolute atomic E-state index is 0.00960. The fourth-order valence-corrected chi connectivity index (χ4v) is 2.48. The van der Waals surface area contributed by atoms with E-state index in [-0.39, 0.29) is 18.1 Å². The Morgan fingerprint density at radius 3 is 2.56 bits per heavy atom. The standard InChI is InChI=1S/C19H17F2NO5/c1-24-14-5-2-12(3-6-14)15-10-13(4-7-16(15)27-19(20)21)22-18(23)17-11-25-8-9-26-17/h2-7,10-11,19H,8-9H2,1H3,(H,22,23). The van der Waals surface area contributed by atoms with Gasteiger partial charge in [-0.3, -0.25) is 4.79 Å². The Morgan fingerprint density at radius 2 is 1.93 bits per heavy atom. The molecule has 0 saturated heterocycles. The number of halogens is 2. The topological polar surface area (TPSA) is 66.0 Å². The SMILES string of the molecule is COc1ccc(-c2cc(NC(=O)C3=COCCO3)ccc2OC(F)F)cc1. The molecule has 0 radical (unpaired) electrons. The molecule has 1 amide bonds. The van der Waals surface area contributed by atoms with Crippen molar-refractivity contribution in [3.05, 3.63) is 54.5 Å². The van der Waals surface area contributed by atoms with Crippen molar-refractivity contribution in [1.29, 1.82) is 0 Å². The zero-order valence-electron chi connectivity index (χ0n) is 14.4. The molecule has 0 spiro atoms. The Kier molecular flexibility index (Phi) is 5.75. The van der Waals surface area contributed by atoms with Crippen molar-refractivity contribution in [2.45, 2.75) is 6.61 Å². The van der Waals surface area contributed by atoms with E-state index in [9.17, 15) is 13.6 Å². The lowest BCUT2D eigenvalue weighted by atomic mass is 10.0. The van der Waals surface area contributed by atoms with Crippen LogP contribution < -0.4 is 14.8 Å². The summed E-state index contributed by atoms with van der Waals surface area (Å²) < 4.78 is 45.5. The number of benzene rings is 2. The van der Waals surface area contributed by atoms with Crippen LogP contribution in [0.4, 0.5) is 14.5 Å².